The van der Waals surface area contributed by atoms with E-state index >= 15 is 0 Å². The van der Waals surface area contributed by atoms with Crippen molar-refractivity contribution in [1.82, 2.24) is 10.7 Å². The van der Waals surface area contributed by atoms with Crippen molar-refractivity contribution in [2.75, 3.05) is 7.11 Å². The van der Waals surface area contributed by atoms with E-state index in [-0.39, 0.29) is 11.5 Å². The molecule has 0 aromatic heterocycles. The number of halogens is 1. The number of hydrogen-bond acceptors (Lipinski definition) is 3. The van der Waals surface area contributed by atoms with Crippen molar-refractivity contribution in [2.24, 2.45) is 0 Å². The first-order valence-electron chi connectivity index (χ1n) is 9.75. The van der Waals surface area contributed by atoms with E-state index in [4.69, 9.17) is 4.74 Å². The molecule has 3 aromatic carbocycles. The standard InChI is InChI=1S/C24H20FN3O3/c1-31-20-10-6-5-9-18(20)15-28-22(16-7-3-2-4-8-16)21(24(30)27-28)26-23(29)17-11-13-19(25)14-12-17/h2-15,21-22H,1H3,(H-,26,27,29,30)/p+1/b28-15-/t21-,22-/m0/s1. The molecule has 0 radical (unpaired) electrons. The second-order valence-corrected chi connectivity index (χ2v) is 7.07. The lowest BCUT2D eigenvalue weighted by atomic mass is 10.00. The van der Waals surface area contributed by atoms with Crippen LogP contribution in [0.2, 0.25) is 0 Å². The van der Waals surface area contributed by atoms with Crippen molar-refractivity contribution in [1.29, 1.82) is 0 Å². The van der Waals surface area contributed by atoms with Crippen LogP contribution in [-0.4, -0.2) is 35.9 Å². The van der Waals surface area contributed by atoms with Crippen molar-refractivity contribution in [3.05, 3.63) is 101 Å². The largest absolute Gasteiger partial charge is 0.496 e. The quantitative estimate of drug-likeness (QED) is 0.626. The highest BCUT2D eigenvalue weighted by Gasteiger charge is 2.47. The Morgan fingerprint density at radius 3 is 2.42 bits per heavy atom. The zero-order chi connectivity index (χ0) is 21.8. The average Bonchev–Trinajstić information content (AvgIpc) is 3.09. The molecule has 4 rings (SSSR count). The van der Waals surface area contributed by atoms with Crippen LogP contribution in [0.25, 0.3) is 0 Å². The Labute approximate surface area is 179 Å². The van der Waals surface area contributed by atoms with Gasteiger partial charge < -0.3 is 10.1 Å². The van der Waals surface area contributed by atoms with Gasteiger partial charge in [0.25, 0.3) is 5.91 Å². The minimum Gasteiger partial charge on any atom is -0.496 e. The summed E-state index contributed by atoms with van der Waals surface area (Å²) in [5.41, 5.74) is 4.72. The monoisotopic (exact) mass is 418 g/mol. The van der Waals surface area contributed by atoms with Crippen LogP contribution in [0, 0.1) is 5.82 Å². The van der Waals surface area contributed by atoms with Gasteiger partial charge in [-0.05, 0) is 36.4 Å². The second kappa shape index (κ2) is 8.79. The Hall–Kier alpha value is -4.00. The molecule has 0 saturated carbocycles. The second-order valence-electron chi connectivity index (χ2n) is 7.07. The van der Waals surface area contributed by atoms with E-state index in [2.05, 4.69) is 10.7 Å². The molecule has 0 unspecified atom stereocenters. The third kappa shape index (κ3) is 4.30. The molecule has 1 aliphatic rings. The molecule has 156 valence electrons. The van der Waals surface area contributed by atoms with Gasteiger partial charge in [-0.25, -0.2) is 4.39 Å². The van der Waals surface area contributed by atoms with Crippen LogP contribution in [0.15, 0.2) is 78.9 Å². The van der Waals surface area contributed by atoms with Gasteiger partial charge >= 0.3 is 5.91 Å². The molecule has 3 aromatic rings. The number of ether oxygens (including phenoxy) is 1. The van der Waals surface area contributed by atoms with Crippen molar-refractivity contribution in [3.63, 3.8) is 0 Å². The normalized spacial score (nSPS) is 19.2. The zero-order valence-corrected chi connectivity index (χ0v) is 16.8. The lowest BCUT2D eigenvalue weighted by Crippen LogP contribution is -2.42. The number of rotatable bonds is 5. The number of nitrogens with zero attached hydrogens (tertiary/aromatic N) is 1. The fourth-order valence-electron chi connectivity index (χ4n) is 3.58. The Balaban J connectivity index is 1.71. The Kier molecular flexibility index (Phi) is 5.75. The maximum Gasteiger partial charge on any atom is 0.304 e. The first kappa shape index (κ1) is 20.3. The summed E-state index contributed by atoms with van der Waals surface area (Å²) in [7, 11) is 1.58. The van der Waals surface area contributed by atoms with Crippen molar-refractivity contribution >= 4 is 18.0 Å². The minimum atomic E-state index is -0.856. The minimum absolute atomic E-state index is 0.271. The van der Waals surface area contributed by atoms with Crippen LogP contribution < -0.4 is 15.5 Å². The highest BCUT2D eigenvalue weighted by atomic mass is 19.1. The van der Waals surface area contributed by atoms with Crippen molar-refractivity contribution in [3.8, 4) is 5.75 Å². The van der Waals surface area contributed by atoms with Crippen molar-refractivity contribution < 1.29 is 23.4 Å². The summed E-state index contributed by atoms with van der Waals surface area (Å²) in [4.78, 5) is 25.6. The van der Waals surface area contributed by atoms with Crippen LogP contribution in [-0.2, 0) is 4.79 Å². The van der Waals surface area contributed by atoms with E-state index in [0.29, 0.717) is 5.75 Å². The molecule has 0 bridgehead atoms. The van der Waals surface area contributed by atoms with Gasteiger partial charge in [-0.3, -0.25) is 9.59 Å². The number of methoxy groups -OCH3 is 1. The molecule has 1 saturated heterocycles. The summed E-state index contributed by atoms with van der Waals surface area (Å²) in [6.07, 6.45) is 1.78. The lowest BCUT2D eigenvalue weighted by Gasteiger charge is -2.15. The third-order valence-corrected chi connectivity index (χ3v) is 5.09. The van der Waals surface area contributed by atoms with E-state index in [9.17, 15) is 14.0 Å². The average molecular weight is 418 g/mol. The number of hydrazone groups is 1. The molecule has 7 heteroatoms. The summed E-state index contributed by atoms with van der Waals surface area (Å²) in [6, 6.07) is 20.7. The van der Waals surface area contributed by atoms with Gasteiger partial charge in [0.1, 0.15) is 11.6 Å². The number of carbonyl (C=O) groups excluding carboxylic acids is 2. The van der Waals surface area contributed by atoms with Gasteiger partial charge in [-0.15, -0.1) is 10.1 Å². The predicted octanol–water partition coefficient (Wildman–Crippen LogP) is 2.85. The summed E-state index contributed by atoms with van der Waals surface area (Å²) >= 11 is 0. The van der Waals surface area contributed by atoms with Gasteiger partial charge in [0.15, 0.2) is 6.04 Å². The van der Waals surface area contributed by atoms with Gasteiger partial charge in [0, 0.05) is 11.1 Å². The molecular formula is C24H21FN3O3+. The zero-order valence-electron chi connectivity index (χ0n) is 16.8. The van der Waals surface area contributed by atoms with Crippen LogP contribution in [0.5, 0.6) is 5.75 Å². The molecule has 6 nitrogen and oxygen atoms in total. The fourth-order valence-corrected chi connectivity index (χ4v) is 3.58. The first-order chi connectivity index (χ1) is 15.1. The molecule has 2 atom stereocenters. The highest BCUT2D eigenvalue weighted by molar-refractivity contribution is 5.98. The number of carbonyl (C=O) groups is 2. The number of para-hydroxylation sites is 1. The molecule has 31 heavy (non-hydrogen) atoms. The number of benzene rings is 3. The Morgan fingerprint density at radius 2 is 1.71 bits per heavy atom. The van der Waals surface area contributed by atoms with Crippen molar-refractivity contribution in [2.45, 2.75) is 12.1 Å². The van der Waals surface area contributed by atoms with E-state index in [0.717, 1.165) is 11.1 Å². The molecular weight excluding hydrogens is 397 g/mol. The summed E-state index contributed by atoms with van der Waals surface area (Å²) in [5, 5.41) is 2.79. The highest BCUT2D eigenvalue weighted by Crippen LogP contribution is 2.26. The summed E-state index contributed by atoms with van der Waals surface area (Å²) in [5.74, 6) is -0.590. The molecule has 1 aliphatic heterocycles. The van der Waals surface area contributed by atoms with Gasteiger partial charge in [-0.2, -0.15) is 0 Å². The molecule has 0 spiro atoms. The van der Waals surface area contributed by atoms with Gasteiger partial charge in [-0.1, -0.05) is 42.5 Å². The van der Waals surface area contributed by atoms with Crippen LogP contribution in [0.4, 0.5) is 4.39 Å². The molecule has 2 amide bonds. The van der Waals surface area contributed by atoms with E-state index in [1.807, 2.05) is 54.6 Å². The number of hydrazine groups is 1. The smallest absolute Gasteiger partial charge is 0.304 e. The maximum atomic E-state index is 13.2. The molecule has 0 aliphatic carbocycles. The Bertz CT molecular complexity index is 1130. The van der Waals surface area contributed by atoms with E-state index in [1.165, 1.54) is 24.3 Å². The molecule has 1 fully saturated rings. The van der Waals surface area contributed by atoms with E-state index < -0.39 is 23.8 Å². The number of hydrogen-bond donors (Lipinski definition) is 2. The SMILES string of the molecule is COc1ccccc1/C=[N+]1\NC(=O)[C@@H](NC(=O)c2ccc(F)cc2)[C@@H]1c1ccccc1. The molecule has 1 heterocycles. The van der Waals surface area contributed by atoms with Gasteiger partial charge in [0.2, 0.25) is 12.3 Å². The topological polar surface area (TPSA) is 70.4 Å². The van der Waals surface area contributed by atoms with Crippen LogP contribution in [0.1, 0.15) is 27.5 Å². The summed E-state index contributed by atoms with van der Waals surface area (Å²) < 4.78 is 20.3. The number of amides is 2. The fraction of sp³-hybridized carbons (Fsp3) is 0.125. The van der Waals surface area contributed by atoms with Crippen LogP contribution in [0.3, 0.4) is 0 Å². The first-order valence-corrected chi connectivity index (χ1v) is 9.75. The predicted molar refractivity (Wildman–Crippen MR) is 113 cm³/mol. The number of nitrogens with one attached hydrogen (secondary N) is 2. The third-order valence-electron chi connectivity index (χ3n) is 5.09. The van der Waals surface area contributed by atoms with E-state index in [1.54, 1.807) is 18.0 Å². The van der Waals surface area contributed by atoms with Crippen LogP contribution >= 0.6 is 0 Å². The summed E-state index contributed by atoms with van der Waals surface area (Å²) in [6.45, 7) is 0. The molecule has 2 N–H and O–H groups in total. The maximum absolute atomic E-state index is 13.2. The lowest BCUT2D eigenvalue weighted by molar-refractivity contribution is -0.596. The Morgan fingerprint density at radius 1 is 1.03 bits per heavy atom. The van der Waals surface area contributed by atoms with Gasteiger partial charge in [0.05, 0.1) is 12.7 Å².